The van der Waals surface area contributed by atoms with E-state index in [4.69, 9.17) is 0 Å². The lowest BCUT2D eigenvalue weighted by atomic mass is 10.3. The van der Waals surface area contributed by atoms with Crippen molar-refractivity contribution in [2.24, 2.45) is 0 Å². The summed E-state index contributed by atoms with van der Waals surface area (Å²) >= 11 is 4.22. The van der Waals surface area contributed by atoms with Crippen molar-refractivity contribution in [1.29, 1.82) is 0 Å². The first-order valence-corrected chi connectivity index (χ1v) is 5.38. The van der Waals surface area contributed by atoms with Crippen LogP contribution >= 0.6 is 23.5 Å². The van der Waals surface area contributed by atoms with Gasteiger partial charge in [-0.15, -0.1) is 23.5 Å². The molecule has 54 valence electrons. The molecule has 0 aromatic heterocycles. The molecule has 9 heavy (non-hydrogen) atoms. The van der Waals surface area contributed by atoms with Crippen molar-refractivity contribution in [3.05, 3.63) is 0 Å². The highest BCUT2D eigenvalue weighted by Crippen LogP contribution is 2.39. The molecule has 0 N–H and O–H groups in total. The lowest BCUT2D eigenvalue weighted by Gasteiger charge is -2.27. The Morgan fingerprint density at radius 3 is 1.78 bits per heavy atom. The molecule has 1 saturated heterocycles. The van der Waals surface area contributed by atoms with E-state index in [-0.39, 0.29) is 0 Å². The summed E-state index contributed by atoms with van der Waals surface area (Å²) in [5.41, 5.74) is 0. The number of thioether (sulfide) groups is 2. The number of rotatable bonds is 0. The molecule has 2 atom stereocenters. The zero-order valence-corrected chi connectivity index (χ0v) is 7.89. The van der Waals surface area contributed by atoms with E-state index < -0.39 is 0 Å². The lowest BCUT2D eigenvalue weighted by Crippen LogP contribution is -2.17. The summed E-state index contributed by atoms with van der Waals surface area (Å²) in [5.74, 6) is 0. The average Bonchev–Trinajstić information content (AvgIpc) is 1.59. The lowest BCUT2D eigenvalue weighted by molar-refractivity contribution is 0.792. The minimum Gasteiger partial charge on any atom is -0.145 e. The molecule has 0 aromatic carbocycles. The summed E-state index contributed by atoms with van der Waals surface area (Å²) in [6, 6.07) is 0. The third-order valence-corrected chi connectivity index (χ3v) is 4.26. The Morgan fingerprint density at radius 2 is 1.44 bits per heavy atom. The van der Waals surface area contributed by atoms with Gasteiger partial charge < -0.3 is 0 Å². The van der Waals surface area contributed by atoms with Gasteiger partial charge in [-0.1, -0.05) is 13.8 Å². The van der Waals surface area contributed by atoms with Crippen LogP contribution in [0.2, 0.25) is 0 Å². The first-order valence-electron chi connectivity index (χ1n) is 3.49. The van der Waals surface area contributed by atoms with Crippen LogP contribution in [0.3, 0.4) is 0 Å². The van der Waals surface area contributed by atoms with Crippen LogP contribution in [0.4, 0.5) is 0 Å². The van der Waals surface area contributed by atoms with E-state index in [2.05, 4.69) is 44.3 Å². The van der Waals surface area contributed by atoms with Gasteiger partial charge in [0.15, 0.2) is 0 Å². The molecule has 0 amide bonds. The molecule has 0 aromatic rings. The van der Waals surface area contributed by atoms with Gasteiger partial charge in [0.1, 0.15) is 0 Å². The molecule has 1 aliphatic heterocycles. The van der Waals surface area contributed by atoms with E-state index in [1.807, 2.05) is 0 Å². The Kier molecular flexibility index (Phi) is 2.77. The van der Waals surface area contributed by atoms with Crippen LogP contribution in [0.5, 0.6) is 0 Å². The highest BCUT2D eigenvalue weighted by atomic mass is 32.2. The largest absolute Gasteiger partial charge is 0.145 e. The molecule has 1 rings (SSSR count). The van der Waals surface area contributed by atoms with E-state index in [9.17, 15) is 0 Å². The SMILES string of the molecule is CC1S[C@@H](C)C[C@H](C)S1. The molecule has 0 aliphatic carbocycles. The van der Waals surface area contributed by atoms with Crippen LogP contribution in [0, 0.1) is 0 Å². The standard InChI is InChI=1S/C7H14S2/c1-5-4-6(2)9-7(3)8-5/h5-7H,4H2,1-3H3/t5-,6-/m0/s1. The van der Waals surface area contributed by atoms with E-state index in [0.29, 0.717) is 0 Å². The summed E-state index contributed by atoms with van der Waals surface area (Å²) < 4.78 is 0.823. The Bertz CT molecular complexity index is 67.9. The average molecular weight is 162 g/mol. The van der Waals surface area contributed by atoms with Crippen LogP contribution in [0.1, 0.15) is 27.2 Å². The quantitative estimate of drug-likeness (QED) is 0.537. The molecule has 1 heterocycles. The maximum Gasteiger partial charge on any atom is 0.0479 e. The van der Waals surface area contributed by atoms with Crippen LogP contribution in [0.15, 0.2) is 0 Å². The second-order valence-electron chi connectivity index (χ2n) is 2.70. The maximum atomic E-state index is 2.33. The molecule has 0 saturated carbocycles. The summed E-state index contributed by atoms with van der Waals surface area (Å²) in [6.07, 6.45) is 1.39. The highest BCUT2D eigenvalue weighted by molar-refractivity contribution is 8.18. The fraction of sp³-hybridized carbons (Fsp3) is 1.00. The Hall–Kier alpha value is 0.700. The monoisotopic (exact) mass is 162 g/mol. The zero-order valence-electron chi connectivity index (χ0n) is 6.26. The minimum atomic E-state index is 0.823. The van der Waals surface area contributed by atoms with Crippen molar-refractivity contribution in [3.63, 3.8) is 0 Å². The first kappa shape index (κ1) is 7.80. The third-order valence-electron chi connectivity index (χ3n) is 1.51. The molecular weight excluding hydrogens is 148 g/mol. The Balaban J connectivity index is 2.34. The van der Waals surface area contributed by atoms with E-state index in [1.165, 1.54) is 6.42 Å². The first-order chi connectivity index (χ1) is 4.18. The third kappa shape index (κ3) is 2.42. The Morgan fingerprint density at radius 1 is 1.00 bits per heavy atom. The molecule has 0 unspecified atom stereocenters. The van der Waals surface area contributed by atoms with Gasteiger partial charge in [-0.05, 0) is 13.3 Å². The molecule has 1 fully saturated rings. The molecule has 0 spiro atoms. The summed E-state index contributed by atoms with van der Waals surface area (Å²) in [4.78, 5) is 0. The van der Waals surface area contributed by atoms with Gasteiger partial charge in [-0.25, -0.2) is 0 Å². The predicted molar refractivity (Wildman–Crippen MR) is 48.2 cm³/mol. The topological polar surface area (TPSA) is 0 Å². The van der Waals surface area contributed by atoms with Gasteiger partial charge in [-0.3, -0.25) is 0 Å². The second kappa shape index (κ2) is 3.20. The van der Waals surface area contributed by atoms with Gasteiger partial charge in [0, 0.05) is 15.1 Å². The Labute approximate surface area is 66.2 Å². The van der Waals surface area contributed by atoms with Crippen LogP contribution in [0.25, 0.3) is 0 Å². The number of hydrogen-bond donors (Lipinski definition) is 0. The highest BCUT2D eigenvalue weighted by Gasteiger charge is 2.20. The van der Waals surface area contributed by atoms with Crippen LogP contribution in [-0.2, 0) is 0 Å². The molecular formula is C7H14S2. The fourth-order valence-corrected chi connectivity index (χ4v) is 4.89. The molecule has 0 bridgehead atoms. The van der Waals surface area contributed by atoms with E-state index >= 15 is 0 Å². The van der Waals surface area contributed by atoms with E-state index in [0.717, 1.165) is 15.1 Å². The van der Waals surface area contributed by atoms with Gasteiger partial charge >= 0.3 is 0 Å². The van der Waals surface area contributed by atoms with Gasteiger partial charge in [0.25, 0.3) is 0 Å². The van der Waals surface area contributed by atoms with Gasteiger partial charge in [-0.2, -0.15) is 0 Å². The van der Waals surface area contributed by atoms with Crippen molar-refractivity contribution in [3.8, 4) is 0 Å². The molecule has 2 heteroatoms. The second-order valence-corrected chi connectivity index (χ2v) is 6.56. The van der Waals surface area contributed by atoms with Crippen LogP contribution in [-0.4, -0.2) is 15.1 Å². The van der Waals surface area contributed by atoms with Gasteiger partial charge in [0.05, 0.1) is 0 Å². The molecule has 1 aliphatic rings. The fourth-order valence-electron chi connectivity index (χ4n) is 1.26. The number of hydrogen-bond acceptors (Lipinski definition) is 2. The summed E-state index contributed by atoms with van der Waals surface area (Å²) in [5, 5.41) is 1.77. The summed E-state index contributed by atoms with van der Waals surface area (Å²) in [6.45, 7) is 6.97. The van der Waals surface area contributed by atoms with Gasteiger partial charge in [0.2, 0.25) is 0 Å². The maximum absolute atomic E-state index is 2.33. The van der Waals surface area contributed by atoms with Crippen molar-refractivity contribution >= 4 is 23.5 Å². The molecule has 0 nitrogen and oxygen atoms in total. The van der Waals surface area contributed by atoms with Crippen molar-refractivity contribution in [2.45, 2.75) is 42.3 Å². The molecule has 0 radical (unpaired) electrons. The van der Waals surface area contributed by atoms with E-state index in [1.54, 1.807) is 0 Å². The van der Waals surface area contributed by atoms with Crippen LogP contribution < -0.4 is 0 Å². The predicted octanol–water partition coefficient (Wildman–Crippen LogP) is 2.98. The summed E-state index contributed by atoms with van der Waals surface area (Å²) in [7, 11) is 0. The van der Waals surface area contributed by atoms with Crippen molar-refractivity contribution in [1.82, 2.24) is 0 Å². The zero-order chi connectivity index (χ0) is 6.85. The normalized spacial score (nSPS) is 45.0. The minimum absolute atomic E-state index is 0.823. The van der Waals surface area contributed by atoms with Crippen molar-refractivity contribution < 1.29 is 0 Å². The van der Waals surface area contributed by atoms with Crippen molar-refractivity contribution in [2.75, 3.05) is 0 Å². The smallest absolute Gasteiger partial charge is 0.0479 e.